The third-order valence-electron chi connectivity index (χ3n) is 0.689. The maximum Gasteiger partial charge on any atom is 0.0647 e. The van der Waals surface area contributed by atoms with Gasteiger partial charge in [0, 0.05) is 13.1 Å². The van der Waals surface area contributed by atoms with E-state index in [0.717, 1.165) is 0 Å². The summed E-state index contributed by atoms with van der Waals surface area (Å²) in [6, 6.07) is -0.737. The van der Waals surface area contributed by atoms with Gasteiger partial charge in [-0.3, -0.25) is 0 Å². The standard InChI is InChI=1S/C7H6Br2/c1-5-2-6(8)4-7(9)3-5/h2-4H,1H3/i1D3,2D,3D,4D. The van der Waals surface area contributed by atoms with Gasteiger partial charge in [0.15, 0.2) is 0 Å². The van der Waals surface area contributed by atoms with Gasteiger partial charge in [0.1, 0.15) is 0 Å². The first-order chi connectivity index (χ1) is 6.68. The highest BCUT2D eigenvalue weighted by Gasteiger charge is 1.90. The zero-order valence-electron chi connectivity index (χ0n) is 10.3. The molecular weight excluding hydrogens is 244 g/mol. The molecule has 0 radical (unpaired) electrons. The Morgan fingerprint density at radius 1 is 1.33 bits per heavy atom. The van der Waals surface area contributed by atoms with Crippen LogP contribution in [0.4, 0.5) is 0 Å². The molecule has 0 saturated heterocycles. The van der Waals surface area contributed by atoms with Crippen LogP contribution in [0.3, 0.4) is 0 Å². The molecule has 1 aromatic rings. The van der Waals surface area contributed by atoms with Gasteiger partial charge in [-0.15, -0.1) is 0 Å². The average molecular weight is 256 g/mol. The second kappa shape index (κ2) is 2.84. The van der Waals surface area contributed by atoms with Crippen molar-refractivity contribution in [2.45, 2.75) is 6.85 Å². The smallest absolute Gasteiger partial charge is 0.0508 e. The molecule has 0 spiro atoms. The summed E-state index contributed by atoms with van der Waals surface area (Å²) in [5, 5.41) is 0. The topological polar surface area (TPSA) is 0 Å². The molecule has 0 aromatic heterocycles. The van der Waals surface area contributed by atoms with E-state index in [9.17, 15) is 0 Å². The lowest BCUT2D eigenvalue weighted by Gasteiger charge is -1.94. The molecule has 0 unspecified atom stereocenters. The lowest BCUT2D eigenvalue weighted by atomic mass is 10.2. The van der Waals surface area contributed by atoms with Gasteiger partial charge in [-0.25, -0.2) is 0 Å². The largest absolute Gasteiger partial charge is 0.0647 e. The highest BCUT2D eigenvalue weighted by atomic mass is 79.9. The zero-order valence-corrected chi connectivity index (χ0v) is 7.43. The van der Waals surface area contributed by atoms with Crippen molar-refractivity contribution >= 4 is 31.9 Å². The van der Waals surface area contributed by atoms with Crippen molar-refractivity contribution in [3.05, 3.63) is 32.6 Å². The van der Waals surface area contributed by atoms with E-state index in [1.165, 1.54) is 0 Å². The molecule has 0 heterocycles. The van der Waals surface area contributed by atoms with Crippen LogP contribution in [-0.2, 0) is 0 Å². The van der Waals surface area contributed by atoms with Crippen LogP contribution in [0.1, 0.15) is 13.8 Å². The molecule has 1 aromatic carbocycles. The van der Waals surface area contributed by atoms with Gasteiger partial charge in [-0.1, -0.05) is 31.9 Å². The Bertz CT molecular complexity index is 382. The number of hydrogen-bond donors (Lipinski definition) is 0. The fourth-order valence-electron chi connectivity index (χ4n) is 0.410. The molecule has 0 atom stereocenters. The van der Waals surface area contributed by atoms with Gasteiger partial charge in [-0.2, -0.15) is 0 Å². The third kappa shape index (κ3) is 2.11. The highest BCUT2D eigenvalue weighted by molar-refractivity contribution is 9.11. The van der Waals surface area contributed by atoms with Crippen molar-refractivity contribution in [1.29, 1.82) is 0 Å². The van der Waals surface area contributed by atoms with Gasteiger partial charge in [-0.05, 0) is 30.5 Å². The Morgan fingerprint density at radius 2 is 1.89 bits per heavy atom. The van der Waals surface area contributed by atoms with Crippen LogP contribution in [0, 0.1) is 6.85 Å². The second-order valence-corrected chi connectivity index (χ2v) is 2.96. The molecule has 0 fully saturated rings. The van der Waals surface area contributed by atoms with Crippen LogP contribution in [0.15, 0.2) is 27.1 Å². The Morgan fingerprint density at radius 3 is 2.33 bits per heavy atom. The van der Waals surface area contributed by atoms with Crippen molar-refractivity contribution < 1.29 is 8.22 Å². The summed E-state index contributed by atoms with van der Waals surface area (Å²) >= 11 is 5.94. The molecular formula is C7H6Br2. The van der Waals surface area contributed by atoms with Crippen LogP contribution in [0.2, 0.25) is 0 Å². The van der Waals surface area contributed by atoms with E-state index < -0.39 is 6.85 Å². The molecule has 0 nitrogen and oxygen atoms in total. The maximum atomic E-state index is 7.56. The first-order valence-corrected chi connectivity index (χ1v) is 3.71. The van der Waals surface area contributed by atoms with Crippen molar-refractivity contribution in [2.24, 2.45) is 0 Å². The minimum absolute atomic E-state index is 0.0801. The van der Waals surface area contributed by atoms with E-state index in [0.29, 0.717) is 0 Å². The quantitative estimate of drug-likeness (QED) is 0.666. The SMILES string of the molecule is [2H]c1c(Br)c([2H])c(C([2H])([2H])[2H])c([2H])c1Br. The van der Waals surface area contributed by atoms with Gasteiger partial charge in [0.05, 0.1) is 4.11 Å². The van der Waals surface area contributed by atoms with Crippen molar-refractivity contribution in [3.8, 4) is 0 Å². The van der Waals surface area contributed by atoms with E-state index >= 15 is 0 Å². The molecule has 0 N–H and O–H groups in total. The average Bonchev–Trinajstić information content (AvgIpc) is 2.09. The molecule has 0 aliphatic carbocycles. The Kier molecular flexibility index (Phi) is 0.842. The first-order valence-electron chi connectivity index (χ1n) is 5.13. The van der Waals surface area contributed by atoms with Gasteiger partial charge in [0.2, 0.25) is 0 Å². The fourth-order valence-corrected chi connectivity index (χ4v) is 1.47. The molecule has 1 rings (SSSR count). The maximum absolute atomic E-state index is 7.56. The van der Waals surface area contributed by atoms with Crippen LogP contribution < -0.4 is 0 Å². The monoisotopic (exact) mass is 254 g/mol. The van der Waals surface area contributed by atoms with Gasteiger partial charge in [0.25, 0.3) is 0 Å². The van der Waals surface area contributed by atoms with Crippen LogP contribution >= 0.6 is 31.9 Å². The number of benzene rings is 1. The van der Waals surface area contributed by atoms with Crippen molar-refractivity contribution in [2.75, 3.05) is 0 Å². The second-order valence-electron chi connectivity index (χ2n) is 1.38. The zero-order chi connectivity index (χ0) is 12.0. The minimum atomic E-state index is -2.52. The van der Waals surface area contributed by atoms with Gasteiger partial charge >= 0.3 is 0 Å². The predicted octanol–water partition coefficient (Wildman–Crippen LogP) is 3.52. The van der Waals surface area contributed by atoms with E-state index in [-0.39, 0.29) is 32.6 Å². The Balaban J connectivity index is 3.68. The summed E-state index contributed by atoms with van der Waals surface area (Å²) < 4.78 is 44.4. The fraction of sp³-hybridized carbons (Fsp3) is 0.143. The predicted molar refractivity (Wildman–Crippen MR) is 46.6 cm³/mol. The molecule has 9 heavy (non-hydrogen) atoms. The van der Waals surface area contributed by atoms with Crippen molar-refractivity contribution in [3.63, 3.8) is 0 Å². The van der Waals surface area contributed by atoms with E-state index in [1.807, 2.05) is 0 Å². The van der Waals surface area contributed by atoms with Crippen LogP contribution in [0.5, 0.6) is 0 Å². The van der Waals surface area contributed by atoms with Crippen LogP contribution in [-0.4, -0.2) is 0 Å². The highest BCUT2D eigenvalue weighted by Crippen LogP contribution is 2.18. The summed E-state index contributed by atoms with van der Waals surface area (Å²) in [5.74, 6) is 0. The molecule has 48 valence electrons. The molecule has 0 aliphatic heterocycles. The summed E-state index contributed by atoms with van der Waals surface area (Å²) in [6.45, 7) is -2.52. The lowest BCUT2D eigenvalue weighted by Crippen LogP contribution is -1.71. The van der Waals surface area contributed by atoms with E-state index in [1.54, 1.807) is 0 Å². The molecule has 0 saturated carbocycles. The number of rotatable bonds is 0. The minimum Gasteiger partial charge on any atom is -0.0508 e. The third-order valence-corrected chi connectivity index (χ3v) is 1.48. The van der Waals surface area contributed by atoms with Crippen LogP contribution in [0.25, 0.3) is 0 Å². The van der Waals surface area contributed by atoms with E-state index in [4.69, 9.17) is 8.22 Å². The Hall–Kier alpha value is 0.180. The molecule has 0 amide bonds. The summed E-state index contributed by atoms with van der Waals surface area (Å²) in [4.78, 5) is 0. The van der Waals surface area contributed by atoms with Gasteiger partial charge < -0.3 is 0 Å². The first kappa shape index (κ1) is 2.67. The van der Waals surface area contributed by atoms with Crippen molar-refractivity contribution in [1.82, 2.24) is 0 Å². The lowest BCUT2D eigenvalue weighted by molar-refractivity contribution is 1.43. The Labute approximate surface area is 80.0 Å². The summed E-state index contributed by atoms with van der Waals surface area (Å²) in [7, 11) is 0. The molecule has 2 heteroatoms. The summed E-state index contributed by atoms with van der Waals surface area (Å²) in [6.07, 6.45) is 0. The normalized spacial score (nSPS) is 20.7. The summed E-state index contributed by atoms with van der Waals surface area (Å²) in [5.41, 5.74) is -0.350. The van der Waals surface area contributed by atoms with E-state index in [2.05, 4.69) is 31.9 Å². The number of halogens is 2. The number of hydrogen-bond acceptors (Lipinski definition) is 0. The molecule has 0 aliphatic rings. The molecule has 0 bridgehead atoms.